The first kappa shape index (κ1) is 11.4. The maximum absolute atomic E-state index is 4.28. The van der Waals surface area contributed by atoms with Crippen LogP contribution in [0.2, 0.25) is 0 Å². The van der Waals surface area contributed by atoms with Gasteiger partial charge in [-0.15, -0.1) is 22.7 Å². The number of benzene rings is 1. The zero-order valence-electron chi connectivity index (χ0n) is 9.67. The van der Waals surface area contributed by atoms with Gasteiger partial charge in [0.25, 0.3) is 0 Å². The van der Waals surface area contributed by atoms with E-state index in [0.717, 1.165) is 17.9 Å². The van der Waals surface area contributed by atoms with Gasteiger partial charge < -0.3 is 5.32 Å². The Hall–Kier alpha value is -1.65. The maximum atomic E-state index is 4.28. The highest BCUT2D eigenvalue weighted by atomic mass is 32.1. The highest BCUT2D eigenvalue weighted by Crippen LogP contribution is 2.31. The molecule has 1 N–H and O–H groups in total. The summed E-state index contributed by atoms with van der Waals surface area (Å²) in [5.41, 5.74) is 5.36. The summed E-state index contributed by atoms with van der Waals surface area (Å²) < 4.78 is 0. The first-order valence-corrected chi connectivity index (χ1v) is 7.49. The van der Waals surface area contributed by atoms with Crippen LogP contribution >= 0.6 is 22.7 Å². The lowest BCUT2D eigenvalue weighted by Crippen LogP contribution is -2.00. The molecule has 0 amide bonds. The van der Waals surface area contributed by atoms with Crippen molar-refractivity contribution in [1.29, 1.82) is 0 Å². The Morgan fingerprint density at radius 3 is 2.83 bits per heavy atom. The van der Waals surface area contributed by atoms with Gasteiger partial charge in [0.1, 0.15) is 0 Å². The van der Waals surface area contributed by atoms with Crippen molar-refractivity contribution in [3.05, 3.63) is 58.4 Å². The normalized spacial score (nSPS) is 10.4. The number of anilines is 1. The molecule has 1 aromatic carbocycles. The van der Waals surface area contributed by atoms with Gasteiger partial charge in [0, 0.05) is 21.5 Å². The Kier molecular flexibility index (Phi) is 3.39. The quantitative estimate of drug-likeness (QED) is 0.757. The summed E-state index contributed by atoms with van der Waals surface area (Å²) >= 11 is 3.39. The largest absolute Gasteiger partial charge is 0.379 e. The number of thiazole rings is 1. The summed E-state index contributed by atoms with van der Waals surface area (Å²) in [5, 5.41) is 7.63. The third-order valence-corrected chi connectivity index (χ3v) is 4.20. The van der Waals surface area contributed by atoms with E-state index in [9.17, 15) is 0 Å². The van der Waals surface area contributed by atoms with Gasteiger partial charge in [0.05, 0.1) is 17.7 Å². The van der Waals surface area contributed by atoms with Gasteiger partial charge in [-0.1, -0.05) is 24.3 Å². The lowest BCUT2D eigenvalue weighted by atomic mass is 10.1. The van der Waals surface area contributed by atoms with Crippen molar-refractivity contribution in [3.63, 3.8) is 0 Å². The Morgan fingerprint density at radius 2 is 2.06 bits per heavy atom. The molecule has 0 saturated heterocycles. The van der Waals surface area contributed by atoms with Crippen LogP contribution in [0.3, 0.4) is 0 Å². The molecule has 0 atom stereocenters. The van der Waals surface area contributed by atoms with E-state index < -0.39 is 0 Å². The molecule has 0 unspecified atom stereocenters. The molecule has 18 heavy (non-hydrogen) atoms. The van der Waals surface area contributed by atoms with E-state index >= 15 is 0 Å². The van der Waals surface area contributed by atoms with E-state index in [1.54, 1.807) is 22.7 Å². The summed E-state index contributed by atoms with van der Waals surface area (Å²) in [5.74, 6) is 0. The van der Waals surface area contributed by atoms with Crippen molar-refractivity contribution in [2.24, 2.45) is 0 Å². The Bertz CT molecular complexity index is 601. The summed E-state index contributed by atoms with van der Waals surface area (Å²) in [6.07, 6.45) is 0. The molecule has 2 nitrogen and oxygen atoms in total. The monoisotopic (exact) mass is 272 g/mol. The third kappa shape index (κ3) is 2.44. The number of hydrogen-bond acceptors (Lipinski definition) is 4. The fourth-order valence-corrected chi connectivity index (χ4v) is 3.12. The van der Waals surface area contributed by atoms with Gasteiger partial charge in [-0.05, 0) is 17.5 Å². The summed E-state index contributed by atoms with van der Waals surface area (Å²) in [6, 6.07) is 12.6. The number of nitrogens with zero attached hydrogens (tertiary/aromatic N) is 1. The van der Waals surface area contributed by atoms with Crippen molar-refractivity contribution in [2.75, 3.05) is 5.32 Å². The summed E-state index contributed by atoms with van der Waals surface area (Å²) in [7, 11) is 0. The molecule has 0 radical (unpaired) electrons. The van der Waals surface area contributed by atoms with E-state index in [4.69, 9.17) is 0 Å². The number of rotatable bonds is 4. The minimum absolute atomic E-state index is 0.770. The predicted molar refractivity (Wildman–Crippen MR) is 79.2 cm³/mol. The highest BCUT2D eigenvalue weighted by molar-refractivity contribution is 7.13. The van der Waals surface area contributed by atoms with E-state index in [1.165, 1.54) is 10.4 Å². The molecular formula is C14H12N2S2. The molecule has 0 spiro atoms. The summed E-state index contributed by atoms with van der Waals surface area (Å²) in [6.45, 7) is 0.770. The van der Waals surface area contributed by atoms with E-state index in [1.807, 2.05) is 5.51 Å². The molecule has 90 valence electrons. The van der Waals surface area contributed by atoms with Gasteiger partial charge in [-0.25, -0.2) is 4.98 Å². The standard InChI is InChI=1S/C14H12N2S2/c1-2-5-13(15-8-11-9-17-10-16-11)12(4-1)14-6-3-7-18-14/h1-7,9-10,15H,8H2. The molecule has 3 rings (SSSR count). The van der Waals surface area contributed by atoms with Gasteiger partial charge in [0.2, 0.25) is 0 Å². The van der Waals surface area contributed by atoms with Crippen LogP contribution in [0.5, 0.6) is 0 Å². The fraction of sp³-hybridized carbons (Fsp3) is 0.0714. The maximum Gasteiger partial charge on any atom is 0.0795 e. The van der Waals surface area contributed by atoms with Gasteiger partial charge in [0.15, 0.2) is 0 Å². The summed E-state index contributed by atoms with van der Waals surface area (Å²) in [4.78, 5) is 5.57. The molecule has 4 heteroatoms. The van der Waals surface area contributed by atoms with Crippen LogP contribution in [0.1, 0.15) is 5.69 Å². The third-order valence-electron chi connectivity index (χ3n) is 2.66. The van der Waals surface area contributed by atoms with E-state index in [2.05, 4.69) is 57.5 Å². The van der Waals surface area contributed by atoms with Crippen LogP contribution in [0, 0.1) is 0 Å². The minimum Gasteiger partial charge on any atom is -0.379 e. The molecule has 0 aliphatic rings. The average molecular weight is 272 g/mol. The van der Waals surface area contributed by atoms with Crippen molar-refractivity contribution < 1.29 is 0 Å². The van der Waals surface area contributed by atoms with Gasteiger partial charge in [-0.2, -0.15) is 0 Å². The number of hydrogen-bond donors (Lipinski definition) is 1. The van der Waals surface area contributed by atoms with Gasteiger partial charge >= 0.3 is 0 Å². The first-order valence-electron chi connectivity index (χ1n) is 5.67. The zero-order valence-corrected chi connectivity index (χ0v) is 11.3. The predicted octanol–water partition coefficient (Wildman–Crippen LogP) is 4.48. The van der Waals surface area contributed by atoms with Crippen LogP contribution in [-0.2, 0) is 6.54 Å². The van der Waals surface area contributed by atoms with Crippen molar-refractivity contribution in [3.8, 4) is 10.4 Å². The van der Waals surface area contributed by atoms with Crippen LogP contribution in [0.25, 0.3) is 10.4 Å². The van der Waals surface area contributed by atoms with Crippen LogP contribution < -0.4 is 5.32 Å². The molecule has 0 fully saturated rings. The van der Waals surface area contributed by atoms with Crippen LogP contribution in [0.15, 0.2) is 52.7 Å². The lowest BCUT2D eigenvalue weighted by Gasteiger charge is -2.09. The molecule has 0 aliphatic carbocycles. The van der Waals surface area contributed by atoms with Gasteiger partial charge in [-0.3, -0.25) is 0 Å². The van der Waals surface area contributed by atoms with Crippen molar-refractivity contribution >= 4 is 28.4 Å². The molecule has 0 saturated carbocycles. The second kappa shape index (κ2) is 5.33. The second-order valence-electron chi connectivity index (χ2n) is 3.86. The molecular weight excluding hydrogens is 260 g/mol. The zero-order chi connectivity index (χ0) is 12.2. The number of aromatic nitrogens is 1. The second-order valence-corrected chi connectivity index (χ2v) is 5.52. The average Bonchev–Trinajstić information content (AvgIpc) is 3.10. The molecule has 2 heterocycles. The Labute approximate surface area is 114 Å². The molecule has 0 aliphatic heterocycles. The Balaban J connectivity index is 1.84. The van der Waals surface area contributed by atoms with Crippen LogP contribution in [-0.4, -0.2) is 4.98 Å². The minimum atomic E-state index is 0.770. The van der Waals surface area contributed by atoms with E-state index in [-0.39, 0.29) is 0 Å². The van der Waals surface area contributed by atoms with Crippen LogP contribution in [0.4, 0.5) is 5.69 Å². The van der Waals surface area contributed by atoms with Crippen molar-refractivity contribution in [1.82, 2.24) is 4.98 Å². The Morgan fingerprint density at radius 1 is 1.11 bits per heavy atom. The number of nitrogens with one attached hydrogen (secondary N) is 1. The fourth-order valence-electron chi connectivity index (χ4n) is 1.79. The first-order chi connectivity index (χ1) is 8.93. The highest BCUT2D eigenvalue weighted by Gasteiger charge is 2.05. The molecule has 2 aromatic heterocycles. The van der Waals surface area contributed by atoms with E-state index in [0.29, 0.717) is 0 Å². The molecule has 0 bridgehead atoms. The SMILES string of the molecule is c1csc(-c2ccccc2NCc2cscn2)c1. The molecule has 3 aromatic rings. The smallest absolute Gasteiger partial charge is 0.0795 e. The number of thiophene rings is 1. The lowest BCUT2D eigenvalue weighted by molar-refractivity contribution is 1.07. The van der Waals surface area contributed by atoms with Crippen molar-refractivity contribution in [2.45, 2.75) is 6.54 Å². The number of para-hydroxylation sites is 1. The topological polar surface area (TPSA) is 24.9 Å².